The van der Waals surface area contributed by atoms with Crippen LogP contribution in [0.3, 0.4) is 0 Å². The SMILES string of the molecule is CC(C)C[C@@H](NC(=O)c1cc(=O)n(C)cn1)C(=O)Nc1nccs1. The molecule has 9 heteroatoms. The van der Waals surface area contributed by atoms with Crippen LogP contribution in [-0.4, -0.2) is 32.4 Å². The number of nitrogens with one attached hydrogen (secondary N) is 2. The topological polar surface area (TPSA) is 106 Å². The van der Waals surface area contributed by atoms with E-state index in [1.54, 1.807) is 18.6 Å². The zero-order valence-electron chi connectivity index (χ0n) is 13.6. The van der Waals surface area contributed by atoms with Gasteiger partial charge in [0.25, 0.3) is 11.5 Å². The van der Waals surface area contributed by atoms with Gasteiger partial charge in [0.1, 0.15) is 11.7 Å². The molecule has 0 saturated heterocycles. The molecule has 0 unspecified atom stereocenters. The van der Waals surface area contributed by atoms with Crippen molar-refractivity contribution in [3.63, 3.8) is 0 Å². The number of rotatable bonds is 6. The fourth-order valence-corrected chi connectivity index (χ4v) is 2.53. The van der Waals surface area contributed by atoms with Crippen LogP contribution in [0.4, 0.5) is 5.13 Å². The number of aryl methyl sites for hydroxylation is 1. The van der Waals surface area contributed by atoms with E-state index in [0.717, 1.165) is 6.07 Å². The van der Waals surface area contributed by atoms with Gasteiger partial charge in [-0.25, -0.2) is 9.97 Å². The number of thiazole rings is 1. The van der Waals surface area contributed by atoms with E-state index in [-0.39, 0.29) is 23.1 Å². The van der Waals surface area contributed by atoms with E-state index in [2.05, 4.69) is 20.6 Å². The maximum absolute atomic E-state index is 12.4. The monoisotopic (exact) mass is 349 g/mol. The highest BCUT2D eigenvalue weighted by Gasteiger charge is 2.24. The van der Waals surface area contributed by atoms with Gasteiger partial charge in [-0.05, 0) is 12.3 Å². The van der Waals surface area contributed by atoms with Gasteiger partial charge in [0.2, 0.25) is 5.91 Å². The highest BCUT2D eigenvalue weighted by atomic mass is 32.1. The molecule has 2 aromatic rings. The predicted molar refractivity (Wildman–Crippen MR) is 90.9 cm³/mol. The molecule has 0 aromatic carbocycles. The van der Waals surface area contributed by atoms with Crippen molar-refractivity contribution in [1.29, 1.82) is 0 Å². The molecule has 2 N–H and O–H groups in total. The Balaban J connectivity index is 2.12. The molecule has 2 aromatic heterocycles. The van der Waals surface area contributed by atoms with Gasteiger partial charge >= 0.3 is 0 Å². The molecule has 0 aliphatic carbocycles. The molecule has 0 aliphatic heterocycles. The van der Waals surface area contributed by atoms with Gasteiger partial charge in [-0.1, -0.05) is 13.8 Å². The number of hydrogen-bond donors (Lipinski definition) is 2. The molecule has 24 heavy (non-hydrogen) atoms. The number of carbonyl (C=O) groups is 2. The summed E-state index contributed by atoms with van der Waals surface area (Å²) in [7, 11) is 1.54. The zero-order valence-corrected chi connectivity index (χ0v) is 14.5. The third-order valence-corrected chi connectivity index (χ3v) is 3.89. The zero-order chi connectivity index (χ0) is 17.7. The predicted octanol–water partition coefficient (Wildman–Crippen LogP) is 1.02. The lowest BCUT2D eigenvalue weighted by Gasteiger charge is -2.19. The van der Waals surface area contributed by atoms with E-state index in [4.69, 9.17) is 0 Å². The molecule has 0 aliphatic rings. The summed E-state index contributed by atoms with van der Waals surface area (Å²) in [5.74, 6) is -0.725. The number of nitrogens with zero attached hydrogens (tertiary/aromatic N) is 3. The van der Waals surface area contributed by atoms with Gasteiger partial charge in [0, 0.05) is 24.7 Å². The molecule has 2 rings (SSSR count). The Morgan fingerprint density at radius 2 is 2.08 bits per heavy atom. The first-order chi connectivity index (χ1) is 11.4. The lowest BCUT2D eigenvalue weighted by molar-refractivity contribution is -0.118. The van der Waals surface area contributed by atoms with Crippen LogP contribution >= 0.6 is 11.3 Å². The molecule has 128 valence electrons. The highest BCUT2D eigenvalue weighted by molar-refractivity contribution is 7.13. The minimum Gasteiger partial charge on any atom is -0.339 e. The van der Waals surface area contributed by atoms with Crippen molar-refractivity contribution >= 4 is 28.3 Å². The quantitative estimate of drug-likeness (QED) is 0.810. The van der Waals surface area contributed by atoms with E-state index >= 15 is 0 Å². The summed E-state index contributed by atoms with van der Waals surface area (Å²) in [6, 6.07) is 0.396. The summed E-state index contributed by atoms with van der Waals surface area (Å²) in [4.78, 5) is 44.2. The second-order valence-electron chi connectivity index (χ2n) is 5.71. The van der Waals surface area contributed by atoms with Crippen LogP contribution in [0.1, 0.15) is 30.8 Å². The van der Waals surface area contributed by atoms with Crippen LogP contribution in [-0.2, 0) is 11.8 Å². The first kappa shape index (κ1) is 17.8. The van der Waals surface area contributed by atoms with Crippen molar-refractivity contribution in [2.75, 3.05) is 5.32 Å². The first-order valence-corrected chi connectivity index (χ1v) is 8.28. The molecule has 2 heterocycles. The highest BCUT2D eigenvalue weighted by Crippen LogP contribution is 2.13. The molecular formula is C15H19N5O3S. The van der Waals surface area contributed by atoms with Gasteiger partial charge in [0.05, 0.1) is 6.33 Å². The van der Waals surface area contributed by atoms with Gasteiger partial charge < -0.3 is 15.2 Å². The average molecular weight is 349 g/mol. The Morgan fingerprint density at radius 1 is 1.33 bits per heavy atom. The van der Waals surface area contributed by atoms with Crippen molar-refractivity contribution in [1.82, 2.24) is 19.9 Å². The summed E-state index contributed by atoms with van der Waals surface area (Å²) in [6.07, 6.45) is 3.30. The van der Waals surface area contributed by atoms with Crippen LogP contribution in [0.25, 0.3) is 0 Å². The molecule has 0 fully saturated rings. The van der Waals surface area contributed by atoms with Crippen LogP contribution in [0.2, 0.25) is 0 Å². The molecule has 1 atom stereocenters. The normalized spacial score (nSPS) is 12.0. The van der Waals surface area contributed by atoms with Crippen LogP contribution in [0, 0.1) is 5.92 Å². The maximum Gasteiger partial charge on any atom is 0.270 e. The van der Waals surface area contributed by atoms with Crippen molar-refractivity contribution in [3.05, 3.63) is 40.0 Å². The standard InChI is InChI=1S/C15H19N5O3S/c1-9(2)6-11(14(23)19-15-16-4-5-24-15)18-13(22)10-7-12(21)20(3)8-17-10/h4-5,7-9,11H,6H2,1-3H3,(H,18,22)(H,16,19,23)/t11-/m1/s1. The Kier molecular flexibility index (Phi) is 5.80. The van der Waals surface area contributed by atoms with Crippen molar-refractivity contribution in [3.8, 4) is 0 Å². The van der Waals surface area contributed by atoms with E-state index in [1.807, 2.05) is 13.8 Å². The molecular weight excluding hydrogens is 330 g/mol. The Bertz CT molecular complexity index is 770. The second kappa shape index (κ2) is 7.82. The Labute approximate surface area is 143 Å². The van der Waals surface area contributed by atoms with E-state index in [1.165, 1.54) is 22.2 Å². The number of hydrogen-bond acceptors (Lipinski definition) is 6. The first-order valence-electron chi connectivity index (χ1n) is 7.40. The summed E-state index contributed by atoms with van der Waals surface area (Å²) in [5.41, 5.74) is -0.364. The minimum absolute atomic E-state index is 0.0195. The van der Waals surface area contributed by atoms with Crippen molar-refractivity contribution < 1.29 is 9.59 Å². The van der Waals surface area contributed by atoms with E-state index < -0.39 is 11.9 Å². The van der Waals surface area contributed by atoms with Crippen LogP contribution in [0.5, 0.6) is 0 Å². The fourth-order valence-electron chi connectivity index (χ4n) is 2.00. The smallest absolute Gasteiger partial charge is 0.270 e. The van der Waals surface area contributed by atoms with Crippen molar-refractivity contribution in [2.45, 2.75) is 26.3 Å². The third kappa shape index (κ3) is 4.72. The third-order valence-electron chi connectivity index (χ3n) is 3.20. The molecule has 0 bridgehead atoms. The summed E-state index contributed by atoms with van der Waals surface area (Å²) in [5, 5.41) is 7.52. The minimum atomic E-state index is -0.743. The van der Waals surface area contributed by atoms with Crippen LogP contribution in [0.15, 0.2) is 28.8 Å². The lowest BCUT2D eigenvalue weighted by Crippen LogP contribution is -2.45. The van der Waals surface area contributed by atoms with Crippen molar-refractivity contribution in [2.24, 2.45) is 13.0 Å². The molecule has 0 spiro atoms. The number of anilines is 1. The maximum atomic E-state index is 12.4. The van der Waals surface area contributed by atoms with E-state index in [9.17, 15) is 14.4 Å². The number of carbonyl (C=O) groups excluding carboxylic acids is 2. The number of amides is 2. The van der Waals surface area contributed by atoms with Crippen LogP contribution < -0.4 is 16.2 Å². The number of aromatic nitrogens is 3. The molecule has 0 saturated carbocycles. The summed E-state index contributed by atoms with van der Waals surface area (Å²) in [6.45, 7) is 3.90. The Morgan fingerprint density at radius 3 is 2.67 bits per heavy atom. The van der Waals surface area contributed by atoms with Gasteiger partial charge in [-0.3, -0.25) is 14.4 Å². The van der Waals surface area contributed by atoms with Gasteiger partial charge in [-0.15, -0.1) is 11.3 Å². The fraction of sp³-hybridized carbons (Fsp3) is 0.400. The van der Waals surface area contributed by atoms with E-state index in [0.29, 0.717) is 11.6 Å². The molecule has 8 nitrogen and oxygen atoms in total. The molecule has 2 amide bonds. The molecule has 0 radical (unpaired) electrons. The van der Waals surface area contributed by atoms with Gasteiger partial charge in [-0.2, -0.15) is 0 Å². The largest absolute Gasteiger partial charge is 0.339 e. The lowest BCUT2D eigenvalue weighted by atomic mass is 10.0. The average Bonchev–Trinajstić information content (AvgIpc) is 3.01. The second-order valence-corrected chi connectivity index (χ2v) is 6.60. The summed E-state index contributed by atoms with van der Waals surface area (Å²) < 4.78 is 1.26. The Hall–Kier alpha value is -2.55. The van der Waals surface area contributed by atoms with Gasteiger partial charge in [0.15, 0.2) is 5.13 Å². The summed E-state index contributed by atoms with van der Waals surface area (Å²) >= 11 is 1.29.